The minimum atomic E-state index is -0.406. The van der Waals surface area contributed by atoms with Gasteiger partial charge in [0.2, 0.25) is 0 Å². The first-order valence-corrected chi connectivity index (χ1v) is 4.62. The largest absolute Gasteiger partial charge is 0.387 e. The normalized spacial score (nSPS) is 26.2. The lowest BCUT2D eigenvalue weighted by atomic mass is 10.1. The Morgan fingerprint density at radius 1 is 1.15 bits per heavy atom. The molecule has 1 aromatic heterocycles. The van der Waals surface area contributed by atoms with Gasteiger partial charge in [0, 0.05) is 5.92 Å². The van der Waals surface area contributed by atoms with Gasteiger partial charge in [0.1, 0.15) is 0 Å². The monoisotopic (exact) mass is 178 g/mol. The molecule has 2 rings (SSSR count). The average molecular weight is 178 g/mol. The maximum atomic E-state index is 9.66. The van der Waals surface area contributed by atoms with E-state index in [2.05, 4.69) is 16.9 Å². The average Bonchev–Trinajstić information content (AvgIpc) is 2.31. The fraction of sp³-hybridized carbons (Fsp3) is 0.600. The van der Waals surface area contributed by atoms with Crippen molar-refractivity contribution in [3.8, 4) is 0 Å². The van der Waals surface area contributed by atoms with E-state index < -0.39 is 6.10 Å². The molecular formula is C10H14N2O. The van der Waals surface area contributed by atoms with E-state index in [9.17, 15) is 5.11 Å². The molecule has 1 aliphatic carbocycles. The van der Waals surface area contributed by atoms with Gasteiger partial charge in [0.25, 0.3) is 0 Å². The molecule has 0 saturated heterocycles. The van der Waals surface area contributed by atoms with Crippen molar-refractivity contribution < 1.29 is 5.11 Å². The second-order valence-electron chi connectivity index (χ2n) is 3.82. The third-order valence-corrected chi connectivity index (χ3v) is 2.72. The SMILES string of the molecule is Cc1nc2c(nc1C)[C@H](O)C[C@H]2C. The van der Waals surface area contributed by atoms with Crippen LogP contribution in [0.2, 0.25) is 0 Å². The molecule has 1 aliphatic rings. The number of fused-ring (bicyclic) bond motifs is 1. The Morgan fingerprint density at radius 3 is 2.31 bits per heavy atom. The molecular weight excluding hydrogens is 164 g/mol. The first kappa shape index (κ1) is 8.63. The maximum Gasteiger partial charge on any atom is 0.0984 e. The third kappa shape index (κ3) is 1.23. The summed E-state index contributed by atoms with van der Waals surface area (Å²) in [6, 6.07) is 0. The zero-order valence-corrected chi connectivity index (χ0v) is 8.20. The van der Waals surface area contributed by atoms with Gasteiger partial charge in [-0.25, -0.2) is 0 Å². The molecule has 0 aromatic carbocycles. The second-order valence-corrected chi connectivity index (χ2v) is 3.82. The number of hydrogen-bond donors (Lipinski definition) is 1. The highest BCUT2D eigenvalue weighted by molar-refractivity contribution is 5.28. The zero-order valence-electron chi connectivity index (χ0n) is 8.20. The molecule has 0 aliphatic heterocycles. The molecule has 0 fully saturated rings. The topological polar surface area (TPSA) is 46.0 Å². The number of hydrogen-bond acceptors (Lipinski definition) is 3. The van der Waals surface area contributed by atoms with E-state index in [1.807, 2.05) is 13.8 Å². The Balaban J connectivity index is 2.58. The molecule has 0 amide bonds. The standard InChI is InChI=1S/C10H14N2O/c1-5-4-8(13)10-9(5)11-6(2)7(3)12-10/h5,8,13H,4H2,1-3H3/t5-,8-/m1/s1. The first-order chi connectivity index (χ1) is 6.09. The van der Waals surface area contributed by atoms with E-state index in [4.69, 9.17) is 0 Å². The highest BCUT2D eigenvalue weighted by atomic mass is 16.3. The number of aliphatic hydroxyl groups excluding tert-OH is 1. The van der Waals surface area contributed by atoms with Crippen LogP contribution in [0.1, 0.15) is 48.1 Å². The minimum Gasteiger partial charge on any atom is -0.387 e. The number of aliphatic hydroxyl groups is 1. The van der Waals surface area contributed by atoms with Gasteiger partial charge < -0.3 is 5.11 Å². The summed E-state index contributed by atoms with van der Waals surface area (Å²) >= 11 is 0. The van der Waals surface area contributed by atoms with Crippen molar-refractivity contribution in [2.75, 3.05) is 0 Å². The maximum absolute atomic E-state index is 9.66. The van der Waals surface area contributed by atoms with Crippen LogP contribution in [0, 0.1) is 13.8 Å². The van der Waals surface area contributed by atoms with Crippen molar-refractivity contribution in [3.63, 3.8) is 0 Å². The summed E-state index contributed by atoms with van der Waals surface area (Å²) in [5, 5.41) is 9.66. The lowest BCUT2D eigenvalue weighted by Crippen LogP contribution is -2.02. The minimum absolute atomic E-state index is 0.344. The molecule has 0 radical (unpaired) electrons. The first-order valence-electron chi connectivity index (χ1n) is 4.62. The van der Waals surface area contributed by atoms with E-state index >= 15 is 0 Å². The van der Waals surface area contributed by atoms with Gasteiger partial charge in [-0.3, -0.25) is 9.97 Å². The predicted molar refractivity (Wildman–Crippen MR) is 49.5 cm³/mol. The van der Waals surface area contributed by atoms with Crippen molar-refractivity contribution in [2.45, 2.75) is 39.2 Å². The van der Waals surface area contributed by atoms with Crippen LogP contribution in [0.3, 0.4) is 0 Å². The van der Waals surface area contributed by atoms with Crippen molar-refractivity contribution >= 4 is 0 Å². The van der Waals surface area contributed by atoms with Crippen molar-refractivity contribution in [3.05, 3.63) is 22.8 Å². The third-order valence-electron chi connectivity index (χ3n) is 2.72. The second kappa shape index (κ2) is 2.77. The molecule has 1 aromatic rings. The Morgan fingerprint density at radius 2 is 1.69 bits per heavy atom. The quantitative estimate of drug-likeness (QED) is 0.656. The summed E-state index contributed by atoms with van der Waals surface area (Å²) in [5.41, 5.74) is 3.66. The van der Waals surface area contributed by atoms with Crippen LogP contribution in [-0.4, -0.2) is 15.1 Å². The fourth-order valence-corrected chi connectivity index (χ4v) is 1.80. The van der Waals surface area contributed by atoms with E-state index in [1.54, 1.807) is 0 Å². The van der Waals surface area contributed by atoms with E-state index in [0.29, 0.717) is 5.92 Å². The molecule has 0 bridgehead atoms. The summed E-state index contributed by atoms with van der Waals surface area (Å²) in [5.74, 6) is 0.344. The molecule has 1 N–H and O–H groups in total. The molecule has 1 heterocycles. The van der Waals surface area contributed by atoms with Crippen LogP contribution in [0.25, 0.3) is 0 Å². The summed E-state index contributed by atoms with van der Waals surface area (Å²) < 4.78 is 0. The number of aryl methyl sites for hydroxylation is 2. The van der Waals surface area contributed by atoms with Gasteiger partial charge in [-0.1, -0.05) is 6.92 Å². The number of nitrogens with zero attached hydrogens (tertiary/aromatic N) is 2. The van der Waals surface area contributed by atoms with Crippen molar-refractivity contribution in [1.29, 1.82) is 0 Å². The Labute approximate surface area is 77.8 Å². The van der Waals surface area contributed by atoms with Crippen LogP contribution < -0.4 is 0 Å². The molecule has 2 atom stereocenters. The smallest absolute Gasteiger partial charge is 0.0984 e. The van der Waals surface area contributed by atoms with Crippen molar-refractivity contribution in [1.82, 2.24) is 9.97 Å². The lowest BCUT2D eigenvalue weighted by Gasteiger charge is -2.06. The lowest BCUT2D eigenvalue weighted by molar-refractivity contribution is 0.170. The van der Waals surface area contributed by atoms with E-state index in [1.165, 1.54) is 0 Å². The van der Waals surface area contributed by atoms with Gasteiger partial charge in [-0.15, -0.1) is 0 Å². The molecule has 70 valence electrons. The summed E-state index contributed by atoms with van der Waals surface area (Å²) in [4.78, 5) is 8.83. The molecule has 0 spiro atoms. The highest BCUT2D eigenvalue weighted by Crippen LogP contribution is 2.37. The van der Waals surface area contributed by atoms with Crippen molar-refractivity contribution in [2.24, 2.45) is 0 Å². The summed E-state index contributed by atoms with van der Waals surface area (Å²) in [6.45, 7) is 5.97. The van der Waals surface area contributed by atoms with Crippen LogP contribution in [0.5, 0.6) is 0 Å². The Kier molecular flexibility index (Phi) is 1.84. The van der Waals surface area contributed by atoms with Gasteiger partial charge in [-0.05, 0) is 20.3 Å². The highest BCUT2D eigenvalue weighted by Gasteiger charge is 2.29. The molecule has 13 heavy (non-hydrogen) atoms. The fourth-order valence-electron chi connectivity index (χ4n) is 1.80. The Bertz CT molecular complexity index is 316. The van der Waals surface area contributed by atoms with Crippen LogP contribution in [0.15, 0.2) is 0 Å². The van der Waals surface area contributed by atoms with Crippen LogP contribution >= 0.6 is 0 Å². The number of aromatic nitrogens is 2. The molecule has 0 saturated carbocycles. The zero-order chi connectivity index (χ0) is 9.59. The summed E-state index contributed by atoms with van der Waals surface area (Å²) in [6.07, 6.45) is 0.356. The van der Waals surface area contributed by atoms with Crippen LogP contribution in [0.4, 0.5) is 0 Å². The predicted octanol–water partition coefficient (Wildman–Crippen LogP) is 1.63. The van der Waals surface area contributed by atoms with Gasteiger partial charge in [-0.2, -0.15) is 0 Å². The molecule has 3 heteroatoms. The van der Waals surface area contributed by atoms with Crippen LogP contribution in [-0.2, 0) is 0 Å². The van der Waals surface area contributed by atoms with E-state index in [0.717, 1.165) is 29.2 Å². The van der Waals surface area contributed by atoms with Gasteiger partial charge in [0.15, 0.2) is 0 Å². The molecule has 0 unspecified atom stereocenters. The van der Waals surface area contributed by atoms with E-state index in [-0.39, 0.29) is 0 Å². The van der Waals surface area contributed by atoms with Gasteiger partial charge in [0.05, 0.1) is 28.9 Å². The number of rotatable bonds is 0. The van der Waals surface area contributed by atoms with Gasteiger partial charge >= 0.3 is 0 Å². The Hall–Kier alpha value is -0.960. The summed E-state index contributed by atoms with van der Waals surface area (Å²) in [7, 11) is 0. The molecule has 3 nitrogen and oxygen atoms in total.